The number of nitrogens with zero attached hydrogens (tertiary/aromatic N) is 2. The molecule has 0 atom stereocenters. The number of nitrogens with one attached hydrogen (secondary N) is 2. The summed E-state index contributed by atoms with van der Waals surface area (Å²) in [7, 11) is 1.62. The first-order chi connectivity index (χ1) is 13.9. The van der Waals surface area contributed by atoms with Crippen LogP contribution in [0.2, 0.25) is 0 Å². The lowest BCUT2D eigenvalue weighted by molar-refractivity contribution is 0.102. The van der Waals surface area contributed by atoms with Crippen molar-refractivity contribution >= 4 is 23.1 Å². The van der Waals surface area contributed by atoms with E-state index in [9.17, 15) is 4.79 Å². The van der Waals surface area contributed by atoms with E-state index in [4.69, 9.17) is 4.74 Å². The Morgan fingerprint density at radius 2 is 1.79 bits per heavy atom. The van der Waals surface area contributed by atoms with Gasteiger partial charge in [0.15, 0.2) is 0 Å². The Bertz CT molecular complexity index is 1030. The fraction of sp³-hybridized carbons (Fsp3) is 0.261. The number of carbonyl (C=O) groups is 1. The average molecular weight is 390 g/mol. The predicted molar refractivity (Wildman–Crippen MR) is 116 cm³/mol. The van der Waals surface area contributed by atoms with E-state index in [2.05, 4.69) is 34.4 Å². The average Bonchev–Trinajstić information content (AvgIpc) is 2.69. The lowest BCUT2D eigenvalue weighted by atomic mass is 9.98. The minimum absolute atomic E-state index is 0.264. The van der Waals surface area contributed by atoms with Crippen molar-refractivity contribution in [3.8, 4) is 5.75 Å². The number of aromatic nitrogens is 2. The predicted octanol–water partition coefficient (Wildman–Crippen LogP) is 5.22. The van der Waals surface area contributed by atoms with Crippen molar-refractivity contribution < 1.29 is 9.53 Å². The summed E-state index contributed by atoms with van der Waals surface area (Å²) in [5, 5.41) is 6.24. The third-order valence-corrected chi connectivity index (χ3v) is 4.58. The van der Waals surface area contributed by atoms with Gasteiger partial charge in [0, 0.05) is 23.5 Å². The molecule has 0 unspecified atom stereocenters. The van der Waals surface area contributed by atoms with Gasteiger partial charge in [0.25, 0.3) is 5.91 Å². The molecule has 6 heteroatoms. The van der Waals surface area contributed by atoms with E-state index in [1.165, 1.54) is 0 Å². The number of methoxy groups -OCH3 is 1. The van der Waals surface area contributed by atoms with Crippen molar-refractivity contribution in [3.63, 3.8) is 0 Å². The molecule has 0 aliphatic rings. The highest BCUT2D eigenvalue weighted by atomic mass is 16.5. The maximum atomic E-state index is 12.9. The van der Waals surface area contributed by atoms with E-state index in [-0.39, 0.29) is 5.91 Å². The molecule has 0 saturated carbocycles. The molecule has 0 spiro atoms. The molecule has 1 heterocycles. The molecule has 0 aliphatic heterocycles. The number of ether oxygens (including phenoxy) is 1. The quantitative estimate of drug-likeness (QED) is 0.603. The molecular weight excluding hydrogens is 364 g/mol. The molecule has 1 amide bonds. The molecule has 0 saturated heterocycles. The summed E-state index contributed by atoms with van der Waals surface area (Å²) in [6.45, 7) is 7.97. The first-order valence-corrected chi connectivity index (χ1v) is 9.55. The molecule has 0 radical (unpaired) electrons. The van der Waals surface area contributed by atoms with Gasteiger partial charge < -0.3 is 15.4 Å². The molecule has 6 nitrogen and oxygen atoms in total. The van der Waals surface area contributed by atoms with E-state index in [1.807, 2.05) is 49.4 Å². The third kappa shape index (κ3) is 4.90. The lowest BCUT2D eigenvalue weighted by Crippen LogP contribution is -2.17. The van der Waals surface area contributed by atoms with Crippen LogP contribution in [-0.4, -0.2) is 23.0 Å². The van der Waals surface area contributed by atoms with Gasteiger partial charge in [-0.1, -0.05) is 38.1 Å². The van der Waals surface area contributed by atoms with E-state index >= 15 is 0 Å². The molecule has 3 rings (SSSR count). The Balaban J connectivity index is 1.87. The minimum atomic E-state index is -0.264. The zero-order valence-corrected chi connectivity index (χ0v) is 17.4. The van der Waals surface area contributed by atoms with E-state index in [1.54, 1.807) is 20.1 Å². The van der Waals surface area contributed by atoms with Crippen molar-refractivity contribution in [1.82, 2.24) is 9.97 Å². The normalized spacial score (nSPS) is 10.7. The van der Waals surface area contributed by atoms with E-state index < -0.39 is 0 Å². The highest BCUT2D eigenvalue weighted by Gasteiger charge is 2.16. The summed E-state index contributed by atoms with van der Waals surface area (Å²) in [6, 6.07) is 15.2. The highest BCUT2D eigenvalue weighted by molar-refractivity contribution is 6.04. The molecule has 29 heavy (non-hydrogen) atoms. The molecule has 0 bridgehead atoms. The van der Waals surface area contributed by atoms with Crippen LogP contribution in [0.1, 0.15) is 47.2 Å². The van der Waals surface area contributed by atoms with Gasteiger partial charge in [0.2, 0.25) is 0 Å². The van der Waals surface area contributed by atoms with Gasteiger partial charge in [0.1, 0.15) is 23.1 Å². The van der Waals surface area contributed by atoms with Gasteiger partial charge in [-0.25, -0.2) is 9.97 Å². The first-order valence-electron chi connectivity index (χ1n) is 9.55. The maximum absolute atomic E-state index is 12.9. The summed E-state index contributed by atoms with van der Waals surface area (Å²) in [6.07, 6.45) is 0. The number of anilines is 3. The van der Waals surface area contributed by atoms with Crippen molar-refractivity contribution in [3.05, 3.63) is 71.2 Å². The highest BCUT2D eigenvalue weighted by Crippen LogP contribution is 2.28. The zero-order valence-electron chi connectivity index (χ0n) is 17.4. The van der Waals surface area contributed by atoms with Crippen molar-refractivity contribution in [2.75, 3.05) is 17.7 Å². The maximum Gasteiger partial charge on any atom is 0.274 e. The molecule has 3 aromatic rings. The Hall–Kier alpha value is -3.41. The van der Waals surface area contributed by atoms with Gasteiger partial charge >= 0.3 is 0 Å². The second-order valence-corrected chi connectivity index (χ2v) is 7.19. The van der Waals surface area contributed by atoms with Crippen LogP contribution in [0.15, 0.2) is 48.5 Å². The van der Waals surface area contributed by atoms with Crippen LogP contribution in [-0.2, 0) is 0 Å². The SMILES string of the molecule is COc1cccc(Nc2cc(C(=O)Nc3c(C)cccc3C(C)C)nc(C)n2)c1. The van der Waals surface area contributed by atoms with Crippen LogP contribution in [0, 0.1) is 13.8 Å². The molecule has 150 valence electrons. The van der Waals surface area contributed by atoms with E-state index in [0.717, 1.165) is 28.3 Å². The number of hydrogen-bond acceptors (Lipinski definition) is 5. The number of carbonyl (C=O) groups excluding carboxylic acids is 1. The number of hydrogen-bond donors (Lipinski definition) is 2. The summed E-state index contributed by atoms with van der Waals surface area (Å²) < 4.78 is 5.25. The van der Waals surface area contributed by atoms with Crippen LogP contribution >= 0.6 is 0 Å². The molecule has 1 aromatic heterocycles. The van der Waals surface area contributed by atoms with Crippen LogP contribution < -0.4 is 15.4 Å². The smallest absolute Gasteiger partial charge is 0.274 e. The Morgan fingerprint density at radius 3 is 2.52 bits per heavy atom. The number of rotatable bonds is 6. The van der Waals surface area contributed by atoms with E-state index in [0.29, 0.717) is 23.3 Å². The van der Waals surface area contributed by atoms with Gasteiger partial charge in [-0.3, -0.25) is 4.79 Å². The summed E-state index contributed by atoms with van der Waals surface area (Å²) >= 11 is 0. The zero-order chi connectivity index (χ0) is 21.0. The monoisotopic (exact) mass is 390 g/mol. The third-order valence-electron chi connectivity index (χ3n) is 4.58. The van der Waals surface area contributed by atoms with Gasteiger partial charge in [0.05, 0.1) is 7.11 Å². The first kappa shape index (κ1) is 20.3. The number of benzene rings is 2. The fourth-order valence-electron chi connectivity index (χ4n) is 3.12. The Morgan fingerprint density at radius 1 is 1.03 bits per heavy atom. The Labute approximate surface area is 171 Å². The molecular formula is C23H26N4O2. The van der Waals surface area contributed by atoms with Crippen molar-refractivity contribution in [2.45, 2.75) is 33.6 Å². The second kappa shape index (κ2) is 8.73. The van der Waals surface area contributed by atoms with Crippen molar-refractivity contribution in [1.29, 1.82) is 0 Å². The number of aryl methyl sites for hydroxylation is 2. The largest absolute Gasteiger partial charge is 0.497 e. The minimum Gasteiger partial charge on any atom is -0.497 e. The van der Waals surface area contributed by atoms with Crippen molar-refractivity contribution in [2.24, 2.45) is 0 Å². The number of para-hydroxylation sites is 1. The van der Waals surface area contributed by atoms with Gasteiger partial charge in [-0.15, -0.1) is 0 Å². The molecule has 0 fully saturated rings. The van der Waals surface area contributed by atoms with Gasteiger partial charge in [-0.2, -0.15) is 0 Å². The summed E-state index contributed by atoms with van der Waals surface area (Å²) in [4.78, 5) is 21.7. The summed E-state index contributed by atoms with van der Waals surface area (Å²) in [5.41, 5.74) is 4.07. The summed E-state index contributed by atoms with van der Waals surface area (Å²) in [5.74, 6) is 1.82. The molecule has 2 aromatic carbocycles. The molecule has 2 N–H and O–H groups in total. The Kier molecular flexibility index (Phi) is 6.12. The number of amides is 1. The van der Waals surface area contributed by atoms with Crippen LogP contribution in [0.3, 0.4) is 0 Å². The lowest BCUT2D eigenvalue weighted by Gasteiger charge is -2.16. The second-order valence-electron chi connectivity index (χ2n) is 7.19. The topological polar surface area (TPSA) is 76.1 Å². The van der Waals surface area contributed by atoms with Crippen LogP contribution in [0.5, 0.6) is 5.75 Å². The van der Waals surface area contributed by atoms with Crippen LogP contribution in [0.25, 0.3) is 0 Å². The van der Waals surface area contributed by atoms with Gasteiger partial charge in [-0.05, 0) is 43.0 Å². The standard InChI is InChI=1S/C23H26N4O2/c1-14(2)19-11-6-8-15(3)22(19)27-23(28)20-13-21(25-16(4)24-20)26-17-9-7-10-18(12-17)29-5/h6-14H,1-5H3,(H,27,28)(H,24,25,26). The van der Waals surface area contributed by atoms with Crippen LogP contribution in [0.4, 0.5) is 17.2 Å². The molecule has 0 aliphatic carbocycles. The fourth-order valence-corrected chi connectivity index (χ4v) is 3.12.